The van der Waals surface area contributed by atoms with Gasteiger partial charge >= 0.3 is 0 Å². The Labute approximate surface area is 171 Å². The van der Waals surface area contributed by atoms with E-state index in [9.17, 15) is 4.79 Å². The van der Waals surface area contributed by atoms with Gasteiger partial charge in [-0.15, -0.1) is 0 Å². The molecule has 1 fully saturated rings. The number of carbonyl (C=O) groups excluding carboxylic acids is 1. The maximum Gasteiger partial charge on any atom is 0.257 e. The van der Waals surface area contributed by atoms with Gasteiger partial charge in [-0.1, -0.05) is 47.6 Å². The number of amides is 1. The van der Waals surface area contributed by atoms with E-state index in [1.807, 2.05) is 49.1 Å². The third-order valence-corrected chi connectivity index (χ3v) is 5.72. The van der Waals surface area contributed by atoms with Crippen LogP contribution in [0.2, 0.25) is 0 Å². The molecule has 0 saturated carbocycles. The summed E-state index contributed by atoms with van der Waals surface area (Å²) in [7, 11) is 0. The standard InChI is InChI=1S/C24H26N2O3/c1-17-22(18(2)29-25-17)16-28-23-11-7-6-10-21(23)24(27)26-14-12-20(13-15-26)19-8-4-3-5-9-19/h3-11,20H,12-16H2,1-2H3. The molecular weight excluding hydrogens is 364 g/mol. The van der Waals surface area contributed by atoms with Gasteiger partial charge in [-0.05, 0) is 50.3 Å². The highest BCUT2D eigenvalue weighted by Gasteiger charge is 2.26. The predicted octanol–water partition coefficient (Wildman–Crippen LogP) is 4.89. The fraction of sp³-hybridized carbons (Fsp3) is 0.333. The second-order valence-corrected chi connectivity index (χ2v) is 7.56. The number of hydrogen-bond acceptors (Lipinski definition) is 4. The van der Waals surface area contributed by atoms with Gasteiger partial charge in [0.05, 0.1) is 16.8 Å². The van der Waals surface area contributed by atoms with E-state index in [1.54, 1.807) is 0 Å². The number of nitrogens with zero attached hydrogens (tertiary/aromatic N) is 2. The van der Waals surface area contributed by atoms with Crippen LogP contribution < -0.4 is 4.74 Å². The first kappa shape index (κ1) is 19.2. The summed E-state index contributed by atoms with van der Waals surface area (Å²) in [5.41, 5.74) is 3.71. The van der Waals surface area contributed by atoms with Crippen molar-refractivity contribution >= 4 is 5.91 Å². The number of rotatable bonds is 5. The van der Waals surface area contributed by atoms with Crippen molar-refractivity contribution in [3.8, 4) is 5.75 Å². The average Bonchev–Trinajstić information content (AvgIpc) is 3.10. The summed E-state index contributed by atoms with van der Waals surface area (Å²) in [5.74, 6) is 1.90. The SMILES string of the molecule is Cc1noc(C)c1COc1ccccc1C(=O)N1CCC(c2ccccc2)CC1. The van der Waals surface area contributed by atoms with E-state index in [4.69, 9.17) is 9.26 Å². The number of aryl methyl sites for hydroxylation is 2. The highest BCUT2D eigenvalue weighted by molar-refractivity contribution is 5.97. The third-order valence-electron chi connectivity index (χ3n) is 5.72. The van der Waals surface area contributed by atoms with E-state index in [1.165, 1.54) is 5.56 Å². The second-order valence-electron chi connectivity index (χ2n) is 7.56. The molecule has 1 aromatic heterocycles. The molecule has 2 aromatic carbocycles. The number of hydrogen-bond donors (Lipinski definition) is 0. The van der Waals surface area contributed by atoms with Crippen molar-refractivity contribution in [2.45, 2.75) is 39.2 Å². The first-order valence-corrected chi connectivity index (χ1v) is 10.1. The molecular formula is C24H26N2O3. The van der Waals surface area contributed by atoms with Crippen molar-refractivity contribution in [2.24, 2.45) is 0 Å². The number of ether oxygens (including phenoxy) is 1. The van der Waals surface area contributed by atoms with Gasteiger partial charge in [-0.25, -0.2) is 0 Å². The zero-order valence-electron chi connectivity index (χ0n) is 16.9. The molecule has 0 N–H and O–H groups in total. The minimum absolute atomic E-state index is 0.0332. The lowest BCUT2D eigenvalue weighted by molar-refractivity contribution is 0.0708. The molecule has 0 atom stereocenters. The molecule has 1 amide bonds. The van der Waals surface area contributed by atoms with Crippen LogP contribution >= 0.6 is 0 Å². The predicted molar refractivity (Wildman–Crippen MR) is 111 cm³/mol. The van der Waals surface area contributed by atoms with Gasteiger partial charge in [0.1, 0.15) is 18.1 Å². The van der Waals surface area contributed by atoms with Crippen molar-refractivity contribution in [1.82, 2.24) is 10.1 Å². The second kappa shape index (κ2) is 8.52. The molecule has 150 valence electrons. The summed E-state index contributed by atoms with van der Waals surface area (Å²) in [5, 5.41) is 3.96. The molecule has 4 rings (SSSR count). The van der Waals surface area contributed by atoms with E-state index >= 15 is 0 Å². The molecule has 1 aliphatic heterocycles. The highest BCUT2D eigenvalue weighted by Crippen LogP contribution is 2.30. The minimum Gasteiger partial charge on any atom is -0.488 e. The van der Waals surface area contributed by atoms with Gasteiger partial charge < -0.3 is 14.2 Å². The van der Waals surface area contributed by atoms with E-state index in [2.05, 4.69) is 29.4 Å². The third kappa shape index (κ3) is 4.19. The van der Waals surface area contributed by atoms with Crippen LogP contribution in [0.25, 0.3) is 0 Å². The fourth-order valence-corrected chi connectivity index (χ4v) is 3.94. The number of benzene rings is 2. The Balaban J connectivity index is 1.43. The molecule has 0 bridgehead atoms. The Hall–Kier alpha value is -3.08. The summed E-state index contributed by atoms with van der Waals surface area (Å²) in [6, 6.07) is 18.0. The Morgan fingerprint density at radius 3 is 2.45 bits per heavy atom. The van der Waals surface area contributed by atoms with Gasteiger partial charge in [0.15, 0.2) is 0 Å². The van der Waals surface area contributed by atoms with Crippen LogP contribution in [0.5, 0.6) is 5.75 Å². The van der Waals surface area contributed by atoms with E-state index in [0.29, 0.717) is 23.8 Å². The maximum atomic E-state index is 13.2. The van der Waals surface area contributed by atoms with Crippen LogP contribution in [-0.2, 0) is 6.61 Å². The number of likely N-dealkylation sites (tertiary alicyclic amines) is 1. The average molecular weight is 390 g/mol. The van der Waals surface area contributed by atoms with Crippen molar-refractivity contribution < 1.29 is 14.1 Å². The molecule has 1 saturated heterocycles. The molecule has 2 heterocycles. The lowest BCUT2D eigenvalue weighted by Gasteiger charge is -2.32. The first-order chi connectivity index (χ1) is 14.1. The summed E-state index contributed by atoms with van der Waals surface area (Å²) in [6.45, 7) is 5.62. The molecule has 0 aliphatic carbocycles. The van der Waals surface area contributed by atoms with Gasteiger partial charge in [-0.2, -0.15) is 0 Å². The Kier molecular flexibility index (Phi) is 5.65. The normalized spacial score (nSPS) is 14.8. The highest BCUT2D eigenvalue weighted by atomic mass is 16.5. The van der Waals surface area contributed by atoms with Crippen molar-refractivity contribution in [3.05, 3.63) is 82.7 Å². The van der Waals surface area contributed by atoms with Crippen molar-refractivity contribution in [2.75, 3.05) is 13.1 Å². The smallest absolute Gasteiger partial charge is 0.257 e. The molecule has 0 spiro atoms. The largest absolute Gasteiger partial charge is 0.488 e. The van der Waals surface area contributed by atoms with Crippen LogP contribution in [0, 0.1) is 13.8 Å². The minimum atomic E-state index is 0.0332. The summed E-state index contributed by atoms with van der Waals surface area (Å²) < 4.78 is 11.2. The lowest BCUT2D eigenvalue weighted by atomic mass is 9.89. The molecule has 0 radical (unpaired) electrons. The van der Waals surface area contributed by atoms with E-state index in [-0.39, 0.29) is 5.91 Å². The van der Waals surface area contributed by atoms with Crippen LogP contribution in [0.4, 0.5) is 0 Å². The van der Waals surface area contributed by atoms with Crippen LogP contribution in [0.1, 0.15) is 51.7 Å². The van der Waals surface area contributed by atoms with Crippen LogP contribution in [-0.4, -0.2) is 29.1 Å². The van der Waals surface area contributed by atoms with Crippen molar-refractivity contribution in [3.63, 3.8) is 0 Å². The zero-order valence-corrected chi connectivity index (χ0v) is 16.9. The maximum absolute atomic E-state index is 13.2. The summed E-state index contributed by atoms with van der Waals surface area (Å²) in [4.78, 5) is 15.1. The zero-order chi connectivity index (χ0) is 20.2. The Morgan fingerprint density at radius 2 is 1.76 bits per heavy atom. The number of carbonyl (C=O) groups is 1. The number of para-hydroxylation sites is 1. The van der Waals surface area contributed by atoms with Crippen LogP contribution in [0.3, 0.4) is 0 Å². The molecule has 3 aromatic rings. The first-order valence-electron chi connectivity index (χ1n) is 10.1. The summed E-state index contributed by atoms with van der Waals surface area (Å²) in [6.07, 6.45) is 1.97. The topological polar surface area (TPSA) is 55.6 Å². The molecule has 5 heteroatoms. The molecule has 5 nitrogen and oxygen atoms in total. The lowest BCUT2D eigenvalue weighted by Crippen LogP contribution is -2.38. The molecule has 29 heavy (non-hydrogen) atoms. The molecule has 1 aliphatic rings. The fourth-order valence-electron chi connectivity index (χ4n) is 3.94. The van der Waals surface area contributed by atoms with Gasteiger partial charge in [0.2, 0.25) is 0 Å². The quantitative estimate of drug-likeness (QED) is 0.622. The van der Waals surface area contributed by atoms with Crippen molar-refractivity contribution in [1.29, 1.82) is 0 Å². The number of aromatic nitrogens is 1. The monoisotopic (exact) mass is 390 g/mol. The van der Waals surface area contributed by atoms with E-state index in [0.717, 1.165) is 42.9 Å². The Morgan fingerprint density at radius 1 is 1.07 bits per heavy atom. The summed E-state index contributed by atoms with van der Waals surface area (Å²) >= 11 is 0. The Bertz CT molecular complexity index is 953. The van der Waals surface area contributed by atoms with Crippen LogP contribution in [0.15, 0.2) is 59.1 Å². The van der Waals surface area contributed by atoms with Gasteiger partial charge in [0.25, 0.3) is 5.91 Å². The van der Waals surface area contributed by atoms with Gasteiger partial charge in [-0.3, -0.25) is 4.79 Å². The van der Waals surface area contributed by atoms with E-state index < -0.39 is 0 Å². The molecule has 0 unspecified atom stereocenters. The number of piperidine rings is 1. The van der Waals surface area contributed by atoms with Gasteiger partial charge in [0, 0.05) is 13.1 Å².